The number of carbonyl (C=O) groups is 1. The van der Waals surface area contributed by atoms with Gasteiger partial charge in [-0.1, -0.05) is 13.0 Å². The highest BCUT2D eigenvalue weighted by molar-refractivity contribution is 7.91. The van der Waals surface area contributed by atoms with Crippen molar-refractivity contribution in [1.29, 1.82) is 0 Å². The molecule has 0 spiro atoms. The van der Waals surface area contributed by atoms with Crippen molar-refractivity contribution >= 4 is 27.1 Å². The molecule has 1 heterocycles. The smallest absolute Gasteiger partial charge is 0.220 e. The summed E-state index contributed by atoms with van der Waals surface area (Å²) in [6, 6.07) is 3.73. The van der Waals surface area contributed by atoms with Gasteiger partial charge in [0.05, 0.1) is 5.75 Å². The summed E-state index contributed by atoms with van der Waals surface area (Å²) < 4.78 is 22.8. The maximum absolute atomic E-state index is 11.7. The molecule has 1 aromatic heterocycles. The predicted octanol–water partition coefficient (Wildman–Crippen LogP) is 2.01. The average Bonchev–Trinajstić information content (AvgIpc) is 2.81. The Morgan fingerprint density at radius 1 is 1.47 bits per heavy atom. The molecular formula is C13H21NO3S2. The van der Waals surface area contributed by atoms with Crippen molar-refractivity contribution in [3.63, 3.8) is 0 Å². The Labute approximate surface area is 119 Å². The number of amides is 1. The second kappa shape index (κ2) is 7.65. The summed E-state index contributed by atoms with van der Waals surface area (Å²) in [5, 5.41) is 4.76. The van der Waals surface area contributed by atoms with Gasteiger partial charge in [0.2, 0.25) is 5.91 Å². The number of rotatable bonds is 8. The minimum Gasteiger partial charge on any atom is -0.353 e. The van der Waals surface area contributed by atoms with Crippen molar-refractivity contribution in [2.24, 2.45) is 0 Å². The first-order valence-electron chi connectivity index (χ1n) is 6.45. The van der Waals surface area contributed by atoms with E-state index in [4.69, 9.17) is 0 Å². The normalized spacial score (nSPS) is 13.2. The highest BCUT2D eigenvalue weighted by atomic mass is 32.2. The Morgan fingerprint density at radius 2 is 2.21 bits per heavy atom. The zero-order valence-corrected chi connectivity index (χ0v) is 13.0. The monoisotopic (exact) mass is 303 g/mol. The lowest BCUT2D eigenvalue weighted by molar-refractivity contribution is -0.121. The maximum Gasteiger partial charge on any atom is 0.220 e. The Kier molecular flexibility index (Phi) is 6.51. The molecule has 0 saturated heterocycles. The number of carbonyl (C=O) groups excluding carboxylic acids is 1. The number of aryl methyl sites for hydroxylation is 1. The van der Waals surface area contributed by atoms with Gasteiger partial charge in [-0.15, -0.1) is 11.3 Å². The van der Waals surface area contributed by atoms with Gasteiger partial charge in [0.25, 0.3) is 0 Å². The van der Waals surface area contributed by atoms with Crippen molar-refractivity contribution in [1.82, 2.24) is 5.32 Å². The largest absolute Gasteiger partial charge is 0.353 e. The van der Waals surface area contributed by atoms with Crippen LogP contribution in [0.4, 0.5) is 0 Å². The molecule has 1 unspecified atom stereocenters. The third-order valence-corrected chi connectivity index (χ3v) is 5.58. The summed E-state index contributed by atoms with van der Waals surface area (Å²) >= 11 is 1.69. The van der Waals surface area contributed by atoms with Crippen molar-refractivity contribution in [2.45, 2.75) is 39.2 Å². The number of thiophene rings is 1. The van der Waals surface area contributed by atoms with E-state index in [1.165, 1.54) is 4.88 Å². The fourth-order valence-corrected chi connectivity index (χ4v) is 3.60. The summed E-state index contributed by atoms with van der Waals surface area (Å²) in [4.78, 5) is 12.9. The molecule has 1 atom stereocenters. The van der Waals surface area contributed by atoms with Crippen LogP contribution < -0.4 is 5.32 Å². The molecule has 0 saturated carbocycles. The lowest BCUT2D eigenvalue weighted by Crippen LogP contribution is -2.37. The van der Waals surface area contributed by atoms with Gasteiger partial charge >= 0.3 is 0 Å². The van der Waals surface area contributed by atoms with Crippen LogP contribution in [0.15, 0.2) is 17.5 Å². The van der Waals surface area contributed by atoms with Crippen LogP contribution in [-0.4, -0.2) is 31.9 Å². The molecule has 4 nitrogen and oxygen atoms in total. The van der Waals surface area contributed by atoms with E-state index in [-0.39, 0.29) is 23.5 Å². The van der Waals surface area contributed by atoms with E-state index in [0.29, 0.717) is 6.42 Å². The van der Waals surface area contributed by atoms with Gasteiger partial charge in [-0.05, 0) is 31.2 Å². The Morgan fingerprint density at radius 3 is 2.79 bits per heavy atom. The van der Waals surface area contributed by atoms with Crippen LogP contribution in [0.1, 0.15) is 31.6 Å². The molecule has 1 aromatic rings. The molecule has 1 rings (SSSR count). The molecule has 19 heavy (non-hydrogen) atoms. The Bertz CT molecular complexity index is 480. The van der Waals surface area contributed by atoms with Gasteiger partial charge in [-0.25, -0.2) is 8.42 Å². The molecule has 0 fully saturated rings. The van der Waals surface area contributed by atoms with Gasteiger partial charge in [0, 0.05) is 23.1 Å². The van der Waals surface area contributed by atoms with Gasteiger partial charge in [-0.3, -0.25) is 4.79 Å². The van der Waals surface area contributed by atoms with Crippen molar-refractivity contribution < 1.29 is 13.2 Å². The number of hydrogen-bond donors (Lipinski definition) is 1. The molecule has 6 heteroatoms. The van der Waals surface area contributed by atoms with E-state index in [9.17, 15) is 13.2 Å². The van der Waals surface area contributed by atoms with Crippen LogP contribution in [-0.2, 0) is 21.1 Å². The molecule has 1 amide bonds. The quantitative estimate of drug-likeness (QED) is 0.799. The standard InChI is InChI=1S/C13H21NO3S2/c1-3-19(16,17)10-11(2)14-13(15)8-4-6-12-7-5-9-18-12/h5,7,9,11H,3-4,6,8,10H2,1-2H3,(H,14,15). The number of nitrogens with one attached hydrogen (secondary N) is 1. The van der Waals surface area contributed by atoms with Crippen LogP contribution >= 0.6 is 11.3 Å². The maximum atomic E-state index is 11.7. The Balaban J connectivity index is 2.23. The molecule has 0 aromatic carbocycles. The summed E-state index contributed by atoms with van der Waals surface area (Å²) in [6.07, 6.45) is 2.13. The molecule has 0 aliphatic carbocycles. The van der Waals surface area contributed by atoms with Crippen molar-refractivity contribution in [2.75, 3.05) is 11.5 Å². The van der Waals surface area contributed by atoms with E-state index >= 15 is 0 Å². The van der Waals surface area contributed by atoms with Crippen LogP contribution in [0.5, 0.6) is 0 Å². The fraction of sp³-hybridized carbons (Fsp3) is 0.615. The highest BCUT2D eigenvalue weighted by Gasteiger charge is 2.15. The van der Waals surface area contributed by atoms with Crippen LogP contribution in [0.3, 0.4) is 0 Å². The fourth-order valence-electron chi connectivity index (χ4n) is 1.77. The van der Waals surface area contributed by atoms with Crippen LogP contribution in [0.25, 0.3) is 0 Å². The molecule has 0 aliphatic heterocycles. The third-order valence-electron chi connectivity index (χ3n) is 2.76. The first kappa shape index (κ1) is 16.2. The minimum atomic E-state index is -3.03. The minimum absolute atomic E-state index is 0.0141. The first-order chi connectivity index (χ1) is 8.93. The topological polar surface area (TPSA) is 63.2 Å². The molecule has 0 aliphatic rings. The third kappa shape index (κ3) is 6.73. The van der Waals surface area contributed by atoms with Crippen molar-refractivity contribution in [3.05, 3.63) is 22.4 Å². The summed E-state index contributed by atoms with van der Waals surface area (Å²) in [7, 11) is -3.03. The SMILES string of the molecule is CCS(=O)(=O)CC(C)NC(=O)CCCc1cccs1. The van der Waals surface area contributed by atoms with E-state index in [1.54, 1.807) is 25.2 Å². The average molecular weight is 303 g/mol. The van der Waals surface area contributed by atoms with E-state index < -0.39 is 9.84 Å². The first-order valence-corrected chi connectivity index (χ1v) is 9.15. The zero-order chi connectivity index (χ0) is 14.3. The van der Waals surface area contributed by atoms with E-state index in [1.807, 2.05) is 11.4 Å². The van der Waals surface area contributed by atoms with Crippen LogP contribution in [0.2, 0.25) is 0 Å². The van der Waals surface area contributed by atoms with E-state index in [0.717, 1.165) is 12.8 Å². The summed E-state index contributed by atoms with van der Waals surface area (Å²) in [5.41, 5.74) is 0. The second-order valence-corrected chi connectivity index (χ2v) is 8.03. The summed E-state index contributed by atoms with van der Waals surface area (Å²) in [5.74, 6) is 0.0570. The highest BCUT2D eigenvalue weighted by Crippen LogP contribution is 2.11. The lowest BCUT2D eigenvalue weighted by Gasteiger charge is -2.13. The molecule has 0 bridgehead atoms. The molecular weight excluding hydrogens is 282 g/mol. The Hall–Kier alpha value is -0.880. The van der Waals surface area contributed by atoms with E-state index in [2.05, 4.69) is 11.4 Å². The summed E-state index contributed by atoms with van der Waals surface area (Å²) in [6.45, 7) is 3.34. The van der Waals surface area contributed by atoms with Crippen molar-refractivity contribution in [3.8, 4) is 0 Å². The van der Waals surface area contributed by atoms with Gasteiger partial charge < -0.3 is 5.32 Å². The number of hydrogen-bond acceptors (Lipinski definition) is 4. The molecule has 0 radical (unpaired) electrons. The predicted molar refractivity (Wildman–Crippen MR) is 79.2 cm³/mol. The molecule has 108 valence electrons. The molecule has 1 N–H and O–H groups in total. The van der Waals surface area contributed by atoms with Gasteiger partial charge in [-0.2, -0.15) is 0 Å². The zero-order valence-electron chi connectivity index (χ0n) is 11.4. The lowest BCUT2D eigenvalue weighted by atomic mass is 10.2. The van der Waals surface area contributed by atoms with Gasteiger partial charge in [0.15, 0.2) is 9.84 Å². The second-order valence-electron chi connectivity index (χ2n) is 4.60. The van der Waals surface area contributed by atoms with Gasteiger partial charge in [0.1, 0.15) is 0 Å². The van der Waals surface area contributed by atoms with Crippen LogP contribution in [0, 0.1) is 0 Å². The number of sulfone groups is 1.